The summed E-state index contributed by atoms with van der Waals surface area (Å²) in [5.74, 6) is -0.0401. The molecular formula is C22H24N4O. The molecule has 0 saturated heterocycles. The summed E-state index contributed by atoms with van der Waals surface area (Å²) in [5, 5.41) is 3.39. The number of carbonyl (C=O) groups is 1. The van der Waals surface area contributed by atoms with Gasteiger partial charge in [0.25, 0.3) is 5.91 Å². The minimum Gasteiger partial charge on any atom is -0.354 e. The van der Waals surface area contributed by atoms with Crippen molar-refractivity contribution in [1.29, 1.82) is 0 Å². The Morgan fingerprint density at radius 1 is 1.04 bits per heavy atom. The lowest BCUT2D eigenvalue weighted by Crippen LogP contribution is -2.29. The van der Waals surface area contributed by atoms with E-state index >= 15 is 0 Å². The third kappa shape index (κ3) is 4.70. The van der Waals surface area contributed by atoms with Gasteiger partial charge in [-0.25, -0.2) is 0 Å². The molecular weight excluding hydrogens is 336 g/mol. The van der Waals surface area contributed by atoms with Gasteiger partial charge in [-0.3, -0.25) is 14.8 Å². The molecule has 1 N–H and O–H groups in total. The maximum Gasteiger partial charge on any atom is 0.255 e. The summed E-state index contributed by atoms with van der Waals surface area (Å²) in [5.41, 5.74) is 5.90. The van der Waals surface area contributed by atoms with Crippen molar-refractivity contribution in [2.75, 3.05) is 18.9 Å². The van der Waals surface area contributed by atoms with Crippen molar-refractivity contribution in [1.82, 2.24) is 14.9 Å². The highest BCUT2D eigenvalue weighted by Gasteiger charge is 2.13. The molecule has 2 aromatic heterocycles. The fourth-order valence-electron chi connectivity index (χ4n) is 2.95. The Morgan fingerprint density at radius 2 is 1.74 bits per heavy atom. The Hall–Kier alpha value is -3.21. The standard InChI is InChI=1S/C22H24N4O/c1-16-5-4-6-17(2)21(16)25-20-13-19(14-24-15-20)22(27)26(3)12-9-18-7-10-23-11-8-18/h4-8,10-11,13-15,25H,9,12H2,1-3H3. The monoisotopic (exact) mass is 360 g/mol. The van der Waals surface area contributed by atoms with E-state index < -0.39 is 0 Å². The van der Waals surface area contributed by atoms with E-state index in [1.54, 1.807) is 29.7 Å². The summed E-state index contributed by atoms with van der Waals surface area (Å²) in [6.45, 7) is 4.76. The number of pyridine rings is 2. The molecule has 0 aliphatic rings. The van der Waals surface area contributed by atoms with Crippen LogP contribution in [0.4, 0.5) is 11.4 Å². The van der Waals surface area contributed by atoms with E-state index in [1.807, 2.05) is 31.3 Å². The molecule has 1 amide bonds. The largest absolute Gasteiger partial charge is 0.354 e. The summed E-state index contributed by atoms with van der Waals surface area (Å²) in [7, 11) is 1.81. The van der Waals surface area contributed by atoms with Gasteiger partial charge in [0.05, 0.1) is 17.4 Å². The quantitative estimate of drug-likeness (QED) is 0.717. The van der Waals surface area contributed by atoms with Crippen molar-refractivity contribution < 1.29 is 4.79 Å². The molecule has 138 valence electrons. The predicted molar refractivity (Wildman–Crippen MR) is 108 cm³/mol. The van der Waals surface area contributed by atoms with E-state index in [9.17, 15) is 4.79 Å². The Morgan fingerprint density at radius 3 is 2.44 bits per heavy atom. The first-order valence-corrected chi connectivity index (χ1v) is 8.97. The number of carbonyl (C=O) groups excluding carboxylic acids is 1. The van der Waals surface area contributed by atoms with Crippen LogP contribution in [0.5, 0.6) is 0 Å². The number of para-hydroxylation sites is 1. The molecule has 0 aliphatic heterocycles. The zero-order valence-corrected chi connectivity index (χ0v) is 15.9. The molecule has 2 heterocycles. The second kappa shape index (κ2) is 8.45. The lowest BCUT2D eigenvalue weighted by molar-refractivity contribution is 0.0796. The van der Waals surface area contributed by atoms with E-state index in [-0.39, 0.29) is 5.91 Å². The van der Waals surface area contributed by atoms with E-state index in [0.717, 1.165) is 34.5 Å². The molecule has 0 aliphatic carbocycles. The van der Waals surface area contributed by atoms with Crippen LogP contribution in [-0.2, 0) is 6.42 Å². The van der Waals surface area contributed by atoms with Gasteiger partial charge in [-0.1, -0.05) is 18.2 Å². The van der Waals surface area contributed by atoms with Crippen molar-refractivity contribution in [2.24, 2.45) is 0 Å². The molecule has 27 heavy (non-hydrogen) atoms. The highest BCUT2D eigenvalue weighted by atomic mass is 16.2. The molecule has 0 bridgehead atoms. The van der Waals surface area contributed by atoms with Gasteiger partial charge in [0.1, 0.15) is 0 Å². The van der Waals surface area contributed by atoms with Crippen LogP contribution >= 0.6 is 0 Å². The summed E-state index contributed by atoms with van der Waals surface area (Å²) < 4.78 is 0. The Kier molecular flexibility index (Phi) is 5.81. The molecule has 0 spiro atoms. The Labute approximate surface area is 160 Å². The van der Waals surface area contributed by atoms with Gasteiger partial charge in [-0.05, 0) is 55.2 Å². The topological polar surface area (TPSA) is 58.1 Å². The van der Waals surface area contributed by atoms with Crippen molar-refractivity contribution in [2.45, 2.75) is 20.3 Å². The molecule has 0 saturated carbocycles. The number of aryl methyl sites for hydroxylation is 2. The minimum atomic E-state index is -0.0401. The van der Waals surface area contributed by atoms with Crippen LogP contribution in [0.15, 0.2) is 61.2 Å². The number of amides is 1. The third-order valence-electron chi connectivity index (χ3n) is 4.57. The van der Waals surface area contributed by atoms with Crippen molar-refractivity contribution in [3.05, 3.63) is 83.4 Å². The second-order valence-electron chi connectivity index (χ2n) is 6.69. The Balaban J connectivity index is 1.69. The smallest absolute Gasteiger partial charge is 0.255 e. The van der Waals surface area contributed by atoms with Crippen LogP contribution in [0.3, 0.4) is 0 Å². The number of hydrogen-bond acceptors (Lipinski definition) is 4. The molecule has 3 aromatic rings. The number of aromatic nitrogens is 2. The maximum atomic E-state index is 12.8. The van der Waals surface area contributed by atoms with Gasteiger partial charge in [0.2, 0.25) is 0 Å². The molecule has 3 rings (SSSR count). The highest BCUT2D eigenvalue weighted by Crippen LogP contribution is 2.24. The molecule has 1 aromatic carbocycles. The lowest BCUT2D eigenvalue weighted by atomic mass is 10.1. The SMILES string of the molecule is Cc1cccc(C)c1Nc1cncc(C(=O)N(C)CCc2ccncc2)c1. The first-order valence-electron chi connectivity index (χ1n) is 8.97. The average molecular weight is 360 g/mol. The summed E-state index contributed by atoms with van der Waals surface area (Å²) >= 11 is 0. The van der Waals surface area contributed by atoms with Crippen LogP contribution < -0.4 is 5.32 Å². The third-order valence-corrected chi connectivity index (χ3v) is 4.57. The lowest BCUT2D eigenvalue weighted by Gasteiger charge is -2.18. The Bertz CT molecular complexity index is 904. The van der Waals surface area contributed by atoms with Crippen LogP contribution in [0.2, 0.25) is 0 Å². The molecule has 0 atom stereocenters. The van der Waals surface area contributed by atoms with Gasteiger partial charge in [-0.15, -0.1) is 0 Å². The number of likely N-dealkylation sites (N-methyl/N-ethyl adjacent to an activating group) is 1. The number of benzene rings is 1. The maximum absolute atomic E-state index is 12.8. The van der Waals surface area contributed by atoms with Crippen LogP contribution in [-0.4, -0.2) is 34.4 Å². The second-order valence-corrected chi connectivity index (χ2v) is 6.69. The van der Waals surface area contributed by atoms with Crippen LogP contribution in [0.25, 0.3) is 0 Å². The van der Waals surface area contributed by atoms with E-state index in [2.05, 4.69) is 41.3 Å². The van der Waals surface area contributed by atoms with Gasteiger partial charge in [0.15, 0.2) is 0 Å². The van der Waals surface area contributed by atoms with Crippen molar-refractivity contribution in [3.8, 4) is 0 Å². The van der Waals surface area contributed by atoms with E-state index in [4.69, 9.17) is 0 Å². The predicted octanol–water partition coefficient (Wildman–Crippen LogP) is 4.15. The van der Waals surface area contributed by atoms with Crippen LogP contribution in [0, 0.1) is 13.8 Å². The summed E-state index contributed by atoms with van der Waals surface area (Å²) in [6, 6.07) is 11.9. The normalized spacial score (nSPS) is 10.5. The number of hydrogen-bond donors (Lipinski definition) is 1. The molecule has 5 heteroatoms. The minimum absolute atomic E-state index is 0.0401. The number of nitrogens with one attached hydrogen (secondary N) is 1. The van der Waals surface area contributed by atoms with Gasteiger partial charge >= 0.3 is 0 Å². The molecule has 5 nitrogen and oxygen atoms in total. The van der Waals surface area contributed by atoms with E-state index in [0.29, 0.717) is 12.1 Å². The average Bonchev–Trinajstić information content (AvgIpc) is 2.69. The van der Waals surface area contributed by atoms with E-state index in [1.165, 1.54) is 0 Å². The van der Waals surface area contributed by atoms with Crippen molar-refractivity contribution >= 4 is 17.3 Å². The van der Waals surface area contributed by atoms with Gasteiger partial charge in [-0.2, -0.15) is 0 Å². The van der Waals surface area contributed by atoms with Crippen LogP contribution in [0.1, 0.15) is 27.0 Å². The molecule has 0 fully saturated rings. The van der Waals surface area contributed by atoms with Gasteiger partial charge < -0.3 is 10.2 Å². The fraction of sp³-hybridized carbons (Fsp3) is 0.227. The number of anilines is 2. The number of rotatable bonds is 6. The molecule has 0 radical (unpaired) electrons. The summed E-state index contributed by atoms with van der Waals surface area (Å²) in [4.78, 5) is 22.7. The fourth-order valence-corrected chi connectivity index (χ4v) is 2.95. The van der Waals surface area contributed by atoms with Crippen molar-refractivity contribution in [3.63, 3.8) is 0 Å². The van der Waals surface area contributed by atoms with Gasteiger partial charge in [0, 0.05) is 37.9 Å². The molecule has 0 unspecified atom stereocenters. The highest BCUT2D eigenvalue weighted by molar-refractivity contribution is 5.94. The first kappa shape index (κ1) is 18.6. The zero-order chi connectivity index (χ0) is 19.2. The summed E-state index contributed by atoms with van der Waals surface area (Å²) in [6.07, 6.45) is 7.67. The zero-order valence-electron chi connectivity index (χ0n) is 15.9. The first-order chi connectivity index (χ1) is 13.0. The number of nitrogens with zero attached hydrogens (tertiary/aromatic N) is 3.